The molecule has 1 aliphatic heterocycles. The lowest BCUT2D eigenvalue weighted by Crippen LogP contribution is -2.61. The van der Waals surface area contributed by atoms with Gasteiger partial charge in [0.25, 0.3) is 0 Å². The van der Waals surface area contributed by atoms with Gasteiger partial charge in [-0.15, -0.1) is 0 Å². The number of H-pyrrole nitrogens is 1. The lowest BCUT2D eigenvalue weighted by Gasteiger charge is -2.40. The molecule has 0 saturated carbocycles. The van der Waals surface area contributed by atoms with Crippen LogP contribution in [-0.4, -0.2) is 117 Å². The van der Waals surface area contributed by atoms with Crippen LogP contribution in [0.25, 0.3) is 22.5 Å². The normalized spacial score (nSPS) is 13.9. The number of aromatic amines is 1. The largest absolute Gasteiger partial charge is 0.478 e. The monoisotopic (exact) mass is 1210 g/mol. The van der Waals surface area contributed by atoms with Crippen molar-refractivity contribution < 1.29 is 48.2 Å². The molecule has 5 aromatic rings. The Bertz CT molecular complexity index is 3270. The molecular formula is C68H92N10O10. The van der Waals surface area contributed by atoms with Gasteiger partial charge < -0.3 is 46.2 Å². The topological polar surface area (TPSA) is 274 Å². The van der Waals surface area contributed by atoms with E-state index >= 15 is 0 Å². The van der Waals surface area contributed by atoms with Crippen LogP contribution < -0.4 is 31.5 Å². The Kier molecular flexibility index (Phi) is 25.5. The van der Waals surface area contributed by atoms with Crippen LogP contribution in [-0.2, 0) is 68.1 Å². The summed E-state index contributed by atoms with van der Waals surface area (Å²) in [5.41, 5.74) is 5.79. The van der Waals surface area contributed by atoms with Gasteiger partial charge in [-0.1, -0.05) is 168 Å². The molecule has 0 spiro atoms. The lowest BCUT2D eigenvalue weighted by molar-refractivity contribution is -0.144. The average Bonchev–Trinajstić information content (AvgIpc) is 1.52. The summed E-state index contributed by atoms with van der Waals surface area (Å²) in [5, 5.41) is 35.6. The van der Waals surface area contributed by atoms with Gasteiger partial charge in [-0.3, -0.25) is 33.6 Å². The van der Waals surface area contributed by atoms with Crippen LogP contribution in [0.3, 0.4) is 0 Å². The highest BCUT2D eigenvalue weighted by Gasteiger charge is 2.42. The SMILES string of the molecule is CCC.CN[C@H](C(=O)N[C@H](C(=O)N(C)[C@H](/C=C(\C)C(=O)O)C(C)C)C(C)(C)C)C(C)(C)c1cccc(CC(=O)OCc2ccc(NC(=O)[C@H](C)NC(=O)[C@@H](NC(=O)CCCCC(=O)N3Cc4ccccc4-c4n[nH]nc4-c4ccccc43)C(C)C)cc2)c1. The van der Waals surface area contributed by atoms with Crippen LogP contribution in [0.15, 0.2) is 109 Å². The van der Waals surface area contributed by atoms with Gasteiger partial charge >= 0.3 is 11.9 Å². The summed E-state index contributed by atoms with van der Waals surface area (Å²) in [4.78, 5) is 110. The number of unbranched alkanes of at least 4 members (excludes halogenated alkanes) is 1. The molecule has 6 amide bonds. The number of hydrogen-bond donors (Lipinski definition) is 7. The van der Waals surface area contributed by atoms with E-state index in [4.69, 9.17) is 4.74 Å². The first-order chi connectivity index (χ1) is 41.5. The smallest absolute Gasteiger partial charge is 0.331 e. The zero-order chi connectivity index (χ0) is 65.2. The number of rotatable bonds is 25. The van der Waals surface area contributed by atoms with Crippen molar-refractivity contribution in [3.05, 3.63) is 131 Å². The molecule has 0 bridgehead atoms. The maximum Gasteiger partial charge on any atom is 0.331 e. The summed E-state index contributed by atoms with van der Waals surface area (Å²) in [6.45, 7) is 24.3. The van der Waals surface area contributed by atoms with Gasteiger partial charge in [-0.25, -0.2) is 4.79 Å². The van der Waals surface area contributed by atoms with Crippen LogP contribution >= 0.6 is 0 Å². The third-order valence-electron chi connectivity index (χ3n) is 15.5. The van der Waals surface area contributed by atoms with Gasteiger partial charge in [-0.2, -0.15) is 15.4 Å². The van der Waals surface area contributed by atoms with Crippen molar-refractivity contribution in [1.82, 2.24) is 41.6 Å². The minimum atomic E-state index is -1.08. The highest BCUT2D eigenvalue weighted by Crippen LogP contribution is 2.40. The van der Waals surface area contributed by atoms with E-state index < -0.39 is 70.7 Å². The summed E-state index contributed by atoms with van der Waals surface area (Å²) < 4.78 is 5.64. The van der Waals surface area contributed by atoms with Crippen LogP contribution in [0.1, 0.15) is 144 Å². The fourth-order valence-corrected chi connectivity index (χ4v) is 10.4. The van der Waals surface area contributed by atoms with E-state index in [0.717, 1.165) is 33.6 Å². The third-order valence-corrected chi connectivity index (χ3v) is 15.5. The second-order valence-corrected chi connectivity index (χ2v) is 24.9. The Balaban J connectivity index is 0.00000460. The van der Waals surface area contributed by atoms with Crippen molar-refractivity contribution in [1.29, 1.82) is 0 Å². The molecule has 5 atom stereocenters. The number of carboxylic acids is 1. The Morgan fingerprint density at radius 1 is 0.727 bits per heavy atom. The molecule has 20 heteroatoms. The van der Waals surface area contributed by atoms with Gasteiger partial charge in [0.15, 0.2) is 0 Å². The first-order valence-corrected chi connectivity index (χ1v) is 30.3. The number of nitrogens with zero attached hydrogens (tertiary/aromatic N) is 4. The van der Waals surface area contributed by atoms with E-state index in [1.807, 2.05) is 115 Å². The number of carbonyl (C=O) groups excluding carboxylic acids is 7. The highest BCUT2D eigenvalue weighted by atomic mass is 16.5. The number of fused-ring (bicyclic) bond motifs is 5. The number of carbonyl (C=O) groups is 8. The quantitative estimate of drug-likeness (QED) is 0.0163. The summed E-state index contributed by atoms with van der Waals surface area (Å²) in [7, 11) is 3.28. The average molecular weight is 1210 g/mol. The third kappa shape index (κ3) is 18.7. The van der Waals surface area contributed by atoms with Crippen molar-refractivity contribution in [3.8, 4) is 22.5 Å². The zero-order valence-corrected chi connectivity index (χ0v) is 53.9. The van der Waals surface area contributed by atoms with Crippen molar-refractivity contribution in [2.24, 2.45) is 17.3 Å². The predicted molar refractivity (Wildman–Crippen MR) is 342 cm³/mol. The Morgan fingerprint density at radius 3 is 1.95 bits per heavy atom. The molecule has 88 heavy (non-hydrogen) atoms. The fourth-order valence-electron chi connectivity index (χ4n) is 10.4. The van der Waals surface area contributed by atoms with Crippen molar-refractivity contribution in [2.45, 2.75) is 177 Å². The number of carboxylic acid groups (broad SMARTS) is 1. The number of benzene rings is 4. The molecular weight excluding hydrogens is 1120 g/mol. The number of aliphatic carboxylic acids is 1. The van der Waals surface area contributed by atoms with Crippen molar-refractivity contribution in [2.75, 3.05) is 24.3 Å². The van der Waals surface area contributed by atoms with E-state index in [1.54, 1.807) is 76.2 Å². The lowest BCUT2D eigenvalue weighted by atomic mass is 9.76. The molecule has 1 aliphatic rings. The number of aromatic nitrogens is 3. The zero-order valence-electron chi connectivity index (χ0n) is 53.9. The molecule has 0 radical (unpaired) electrons. The molecule has 7 N–H and O–H groups in total. The van der Waals surface area contributed by atoms with E-state index in [1.165, 1.54) is 18.2 Å². The van der Waals surface area contributed by atoms with Gasteiger partial charge in [0.1, 0.15) is 36.1 Å². The molecule has 0 fully saturated rings. The number of likely N-dealkylation sites (N-methyl/N-ethyl adjacent to an activating group) is 2. The summed E-state index contributed by atoms with van der Waals surface area (Å²) in [6, 6.07) is 25.2. The Hall–Kier alpha value is -8.52. The maximum atomic E-state index is 14.2. The number of anilines is 2. The van der Waals surface area contributed by atoms with E-state index in [9.17, 15) is 43.5 Å². The fraction of sp³-hybridized carbons (Fsp3) is 0.471. The van der Waals surface area contributed by atoms with E-state index in [0.29, 0.717) is 41.9 Å². The minimum absolute atomic E-state index is 0.0431. The summed E-state index contributed by atoms with van der Waals surface area (Å²) in [6.07, 6.45) is 3.88. The van der Waals surface area contributed by atoms with Gasteiger partial charge in [-0.05, 0) is 91.4 Å². The summed E-state index contributed by atoms with van der Waals surface area (Å²) >= 11 is 0. The van der Waals surface area contributed by atoms with Gasteiger partial charge in [0.05, 0.1) is 30.7 Å². The second kappa shape index (κ2) is 31.9. The Labute approximate surface area is 518 Å². The van der Waals surface area contributed by atoms with Crippen LogP contribution in [0.5, 0.6) is 0 Å². The molecule has 4 aromatic carbocycles. The molecule has 2 heterocycles. The standard InChI is InChI=1S/C65H84N10O10.C3H8/c1-38(2)50(33-40(5)63(83)84)74(13)62(82)58(64(7,8)9)70-61(81)57(66-12)65(10,11)45-23-20-21-43(34-45)35-53(78)85-37-42-29-31-46(32-30-42)68-59(79)41(6)67-60(80)54(39(3)4)69-51(76)27-18-19-28-52(77)75-36-44-22-14-15-24-47(44)55-56(72-73-71-55)48-25-16-17-26-49(48)75;1-3-2/h14-17,20-26,29-34,38-39,41,50,54,57-58,66H,18-19,27-28,35-37H2,1-13H3,(H,67,80)(H,68,79)(H,69,76)(H,70,81)(H,83,84)(H,71,72,73);3H2,1-2H3/b40-33+;/t41-,50+,54-,57+,58+;/m0./s1. The molecule has 20 nitrogen and oxygen atoms in total. The first-order valence-electron chi connectivity index (χ1n) is 30.3. The minimum Gasteiger partial charge on any atom is -0.478 e. The van der Waals surface area contributed by atoms with Crippen molar-refractivity contribution in [3.63, 3.8) is 0 Å². The highest BCUT2D eigenvalue weighted by molar-refractivity contribution is 6.01. The molecule has 0 aliphatic carbocycles. The number of esters is 1. The van der Waals surface area contributed by atoms with Crippen molar-refractivity contribution >= 4 is 58.8 Å². The first kappa shape index (κ1) is 70.2. The molecule has 0 saturated heterocycles. The number of ether oxygens (including phenoxy) is 1. The number of hydrogen-bond acceptors (Lipinski definition) is 12. The maximum absolute atomic E-state index is 14.2. The number of amides is 6. The van der Waals surface area contributed by atoms with E-state index in [2.05, 4.69) is 55.8 Å². The number of para-hydroxylation sites is 1. The predicted octanol–water partition coefficient (Wildman–Crippen LogP) is 9.44. The van der Waals surface area contributed by atoms with Crippen LogP contribution in [0.4, 0.5) is 11.4 Å². The Morgan fingerprint density at radius 2 is 1.34 bits per heavy atom. The number of nitrogens with one attached hydrogen (secondary N) is 6. The summed E-state index contributed by atoms with van der Waals surface area (Å²) in [5.74, 6) is -4.20. The van der Waals surface area contributed by atoms with Crippen LogP contribution in [0.2, 0.25) is 0 Å². The molecule has 474 valence electrons. The molecule has 6 rings (SSSR count). The van der Waals surface area contributed by atoms with Gasteiger partial charge in [0, 0.05) is 47.7 Å². The van der Waals surface area contributed by atoms with E-state index in [-0.39, 0.29) is 61.0 Å². The van der Waals surface area contributed by atoms with Gasteiger partial charge in [0.2, 0.25) is 35.4 Å². The van der Waals surface area contributed by atoms with Crippen LogP contribution in [0, 0.1) is 17.3 Å². The molecule has 0 unspecified atom stereocenters. The second-order valence-electron chi connectivity index (χ2n) is 24.9. The molecule has 1 aromatic heterocycles.